The first-order valence-electron chi connectivity index (χ1n) is 6.07. The van der Waals surface area contributed by atoms with Gasteiger partial charge in [-0.1, -0.05) is 23.7 Å². The topological polar surface area (TPSA) is 119 Å². The van der Waals surface area contributed by atoms with E-state index >= 15 is 0 Å². The molecule has 0 saturated heterocycles. The molecule has 1 atom stereocenters. The van der Waals surface area contributed by atoms with Crippen LogP contribution < -0.4 is 11.1 Å². The number of nitrogens with one attached hydrogen (secondary N) is 1. The summed E-state index contributed by atoms with van der Waals surface area (Å²) in [4.78, 5) is 33.1. The predicted octanol–water partition coefficient (Wildman–Crippen LogP) is 1.28. The molecule has 4 N–H and O–H groups in total. The number of ether oxygens (including phenoxy) is 1. The van der Waals surface area contributed by atoms with Crippen molar-refractivity contribution in [2.24, 2.45) is 5.73 Å². The van der Waals surface area contributed by atoms with E-state index in [4.69, 9.17) is 27.2 Å². The van der Waals surface area contributed by atoms with E-state index in [-0.39, 0.29) is 19.4 Å². The van der Waals surface area contributed by atoms with Crippen LogP contribution in [0.1, 0.15) is 18.4 Å². The van der Waals surface area contributed by atoms with E-state index in [0.29, 0.717) is 10.6 Å². The van der Waals surface area contributed by atoms with Crippen LogP contribution in [0.4, 0.5) is 4.79 Å². The van der Waals surface area contributed by atoms with Gasteiger partial charge in [-0.15, -0.1) is 0 Å². The van der Waals surface area contributed by atoms with Crippen molar-refractivity contribution in [2.45, 2.75) is 25.5 Å². The Bertz CT molecular complexity index is 518. The number of aliphatic carboxylic acids is 1. The average molecular weight is 315 g/mol. The van der Waals surface area contributed by atoms with Crippen molar-refractivity contribution in [1.82, 2.24) is 5.32 Å². The molecule has 114 valence electrons. The normalized spacial score (nSPS) is 11.5. The predicted molar refractivity (Wildman–Crippen MR) is 74.6 cm³/mol. The number of benzene rings is 1. The number of carboxylic acid groups (broad SMARTS) is 1. The largest absolute Gasteiger partial charge is 0.480 e. The van der Waals surface area contributed by atoms with Gasteiger partial charge in [0.1, 0.15) is 12.6 Å². The summed E-state index contributed by atoms with van der Waals surface area (Å²) in [6.45, 7) is -0.0227. The van der Waals surface area contributed by atoms with Crippen LogP contribution in [0.25, 0.3) is 0 Å². The van der Waals surface area contributed by atoms with Gasteiger partial charge in [0.2, 0.25) is 5.91 Å². The third-order valence-corrected chi connectivity index (χ3v) is 2.80. The molecule has 7 nitrogen and oxygen atoms in total. The molecule has 0 spiro atoms. The third kappa shape index (κ3) is 6.62. The van der Waals surface area contributed by atoms with Crippen LogP contribution in [0.2, 0.25) is 5.02 Å². The Kier molecular flexibility index (Phi) is 6.48. The number of carbonyl (C=O) groups excluding carboxylic acids is 2. The molecule has 0 aliphatic carbocycles. The molecule has 0 bridgehead atoms. The molecule has 2 amide bonds. The van der Waals surface area contributed by atoms with Gasteiger partial charge in [-0.05, 0) is 24.1 Å². The van der Waals surface area contributed by atoms with Gasteiger partial charge in [0.15, 0.2) is 0 Å². The number of rotatable bonds is 7. The van der Waals surface area contributed by atoms with Gasteiger partial charge in [-0.25, -0.2) is 9.59 Å². The van der Waals surface area contributed by atoms with Crippen molar-refractivity contribution in [3.63, 3.8) is 0 Å². The molecule has 0 aliphatic heterocycles. The summed E-state index contributed by atoms with van der Waals surface area (Å²) in [5.41, 5.74) is 5.64. The fourth-order valence-electron chi connectivity index (χ4n) is 1.46. The Labute approximate surface area is 126 Å². The fourth-order valence-corrected chi connectivity index (χ4v) is 1.58. The lowest BCUT2D eigenvalue weighted by Crippen LogP contribution is -2.41. The number of alkyl carbamates (subject to hydrolysis) is 1. The van der Waals surface area contributed by atoms with Crippen LogP contribution in [0.3, 0.4) is 0 Å². The van der Waals surface area contributed by atoms with Crippen LogP contribution in [0.15, 0.2) is 24.3 Å². The first-order valence-corrected chi connectivity index (χ1v) is 6.45. The number of carbonyl (C=O) groups is 3. The summed E-state index contributed by atoms with van der Waals surface area (Å²) in [5.74, 6) is -1.91. The van der Waals surface area contributed by atoms with Crippen LogP contribution in [0.5, 0.6) is 0 Å². The summed E-state index contributed by atoms with van der Waals surface area (Å²) in [5, 5.41) is 11.6. The van der Waals surface area contributed by atoms with Crippen molar-refractivity contribution in [3.05, 3.63) is 34.9 Å². The molecule has 0 aliphatic rings. The molecule has 1 aromatic carbocycles. The first-order chi connectivity index (χ1) is 9.88. The van der Waals surface area contributed by atoms with E-state index in [2.05, 4.69) is 5.32 Å². The second-order valence-corrected chi connectivity index (χ2v) is 4.68. The number of amides is 2. The van der Waals surface area contributed by atoms with Crippen molar-refractivity contribution in [1.29, 1.82) is 0 Å². The molecule has 0 heterocycles. The molecular weight excluding hydrogens is 300 g/mol. The lowest BCUT2D eigenvalue weighted by Gasteiger charge is -2.13. The van der Waals surface area contributed by atoms with E-state index < -0.39 is 24.0 Å². The lowest BCUT2D eigenvalue weighted by molar-refractivity contribution is -0.139. The van der Waals surface area contributed by atoms with E-state index in [9.17, 15) is 14.4 Å². The molecule has 8 heteroatoms. The highest BCUT2D eigenvalue weighted by molar-refractivity contribution is 6.30. The summed E-state index contributed by atoms with van der Waals surface area (Å²) in [6, 6.07) is 5.42. The van der Waals surface area contributed by atoms with Crippen LogP contribution in [0, 0.1) is 0 Å². The number of carboxylic acids is 1. The summed E-state index contributed by atoms with van der Waals surface area (Å²) >= 11 is 5.72. The second kappa shape index (κ2) is 8.11. The number of hydrogen-bond donors (Lipinski definition) is 3. The molecule has 0 aromatic heterocycles. The molecule has 0 saturated carbocycles. The minimum absolute atomic E-state index is 0.0227. The standard InChI is InChI=1S/C13H15ClN2O5/c14-9-3-1-8(2-4-9)7-21-13(20)16-10(12(18)19)5-6-11(15)17/h1-4,10H,5-7H2,(H2,15,17)(H,16,20)(H,18,19)/t10-/m0/s1. The molecule has 1 aromatic rings. The SMILES string of the molecule is NC(=O)CC[C@H](NC(=O)OCc1ccc(Cl)cc1)C(=O)O. The van der Waals surface area contributed by atoms with E-state index in [1.54, 1.807) is 24.3 Å². The minimum atomic E-state index is -1.26. The summed E-state index contributed by atoms with van der Waals surface area (Å²) in [7, 11) is 0. The molecule has 0 fully saturated rings. The van der Waals surface area contributed by atoms with E-state index in [0.717, 1.165) is 0 Å². The highest BCUT2D eigenvalue weighted by Crippen LogP contribution is 2.10. The Hall–Kier alpha value is -2.28. The van der Waals surface area contributed by atoms with Crippen LogP contribution in [-0.4, -0.2) is 29.1 Å². The number of nitrogens with two attached hydrogens (primary N) is 1. The molecule has 21 heavy (non-hydrogen) atoms. The molecule has 0 radical (unpaired) electrons. The zero-order chi connectivity index (χ0) is 15.8. The zero-order valence-corrected chi connectivity index (χ0v) is 11.8. The van der Waals surface area contributed by atoms with Crippen molar-refractivity contribution >= 4 is 29.6 Å². The monoisotopic (exact) mass is 314 g/mol. The van der Waals surface area contributed by atoms with Gasteiger partial charge in [-0.2, -0.15) is 0 Å². The maximum absolute atomic E-state index is 11.5. The van der Waals surface area contributed by atoms with Gasteiger partial charge >= 0.3 is 12.1 Å². The van der Waals surface area contributed by atoms with Crippen molar-refractivity contribution < 1.29 is 24.2 Å². The highest BCUT2D eigenvalue weighted by atomic mass is 35.5. The Balaban J connectivity index is 2.44. The van der Waals surface area contributed by atoms with Gasteiger partial charge in [0.25, 0.3) is 0 Å². The zero-order valence-electron chi connectivity index (χ0n) is 11.0. The first kappa shape index (κ1) is 16.8. The summed E-state index contributed by atoms with van der Waals surface area (Å²) < 4.78 is 4.88. The Morgan fingerprint density at radius 3 is 2.43 bits per heavy atom. The quantitative estimate of drug-likeness (QED) is 0.700. The van der Waals surface area contributed by atoms with Crippen molar-refractivity contribution in [3.8, 4) is 0 Å². The van der Waals surface area contributed by atoms with Gasteiger partial charge in [0.05, 0.1) is 0 Å². The van der Waals surface area contributed by atoms with E-state index in [1.165, 1.54) is 0 Å². The lowest BCUT2D eigenvalue weighted by atomic mass is 10.1. The van der Waals surface area contributed by atoms with Crippen molar-refractivity contribution in [2.75, 3.05) is 0 Å². The number of primary amides is 1. The fraction of sp³-hybridized carbons (Fsp3) is 0.308. The van der Waals surface area contributed by atoms with Gasteiger partial charge in [0, 0.05) is 11.4 Å². The van der Waals surface area contributed by atoms with Crippen LogP contribution >= 0.6 is 11.6 Å². The Morgan fingerprint density at radius 1 is 1.29 bits per heavy atom. The molecular formula is C13H15ClN2O5. The Morgan fingerprint density at radius 2 is 1.90 bits per heavy atom. The maximum Gasteiger partial charge on any atom is 0.408 e. The second-order valence-electron chi connectivity index (χ2n) is 4.24. The van der Waals surface area contributed by atoms with Gasteiger partial charge in [-0.3, -0.25) is 4.79 Å². The third-order valence-electron chi connectivity index (χ3n) is 2.55. The molecule has 0 unspecified atom stereocenters. The maximum atomic E-state index is 11.5. The number of hydrogen-bond acceptors (Lipinski definition) is 4. The van der Waals surface area contributed by atoms with Crippen LogP contribution in [-0.2, 0) is 20.9 Å². The number of halogens is 1. The highest BCUT2D eigenvalue weighted by Gasteiger charge is 2.21. The van der Waals surface area contributed by atoms with Gasteiger partial charge < -0.3 is 20.9 Å². The summed E-state index contributed by atoms with van der Waals surface area (Å²) in [6.07, 6.45) is -1.13. The average Bonchev–Trinajstić information content (AvgIpc) is 2.42. The molecule has 1 rings (SSSR count). The van der Waals surface area contributed by atoms with E-state index in [1.807, 2.05) is 0 Å². The smallest absolute Gasteiger partial charge is 0.408 e. The minimum Gasteiger partial charge on any atom is -0.480 e.